The van der Waals surface area contributed by atoms with E-state index >= 15 is 0 Å². The minimum absolute atomic E-state index is 0.236. The molecule has 0 aliphatic carbocycles. The van der Waals surface area contributed by atoms with E-state index in [2.05, 4.69) is 24.9 Å². The highest BCUT2D eigenvalue weighted by Gasteiger charge is 2.16. The van der Waals surface area contributed by atoms with Crippen molar-refractivity contribution >= 4 is 17.3 Å². The number of aryl methyl sites for hydroxylation is 1. The number of nitrogens with one attached hydrogen (secondary N) is 1. The molecule has 3 aromatic heterocycles. The Labute approximate surface area is 160 Å². The molecule has 0 radical (unpaired) electrons. The number of pyridine rings is 1. The second-order valence-corrected chi connectivity index (χ2v) is 6.18. The van der Waals surface area contributed by atoms with Gasteiger partial charge >= 0.3 is 0 Å². The number of hydrogen-bond acceptors (Lipinski definition) is 7. The molecule has 0 amide bonds. The minimum atomic E-state index is 0.236. The summed E-state index contributed by atoms with van der Waals surface area (Å²) >= 11 is 0. The van der Waals surface area contributed by atoms with E-state index in [0.29, 0.717) is 47.9 Å². The van der Waals surface area contributed by atoms with Crippen molar-refractivity contribution in [2.75, 3.05) is 13.2 Å². The highest BCUT2D eigenvalue weighted by molar-refractivity contribution is 5.86. The highest BCUT2D eigenvalue weighted by atomic mass is 16.5. The molecule has 4 aromatic rings. The molecule has 0 bridgehead atoms. The van der Waals surface area contributed by atoms with Gasteiger partial charge in [-0.15, -0.1) is 0 Å². The Morgan fingerprint density at radius 1 is 1.14 bits per heavy atom. The monoisotopic (exact) mass is 374 g/mol. The third-order valence-corrected chi connectivity index (χ3v) is 4.14. The normalized spacial score (nSPS) is 10.9. The number of aromatic amines is 1. The van der Waals surface area contributed by atoms with Crippen LogP contribution in [0.5, 0.6) is 5.88 Å². The summed E-state index contributed by atoms with van der Waals surface area (Å²) in [5, 5.41) is 0. The molecule has 4 rings (SSSR count). The van der Waals surface area contributed by atoms with E-state index in [0.717, 1.165) is 16.8 Å². The van der Waals surface area contributed by atoms with E-state index in [4.69, 9.17) is 10.5 Å². The number of aldehydes is 1. The number of ether oxygens (including phenoxy) is 1. The molecular weight excluding hydrogens is 356 g/mol. The minimum Gasteiger partial charge on any atom is -0.475 e. The Balaban J connectivity index is 1.82. The van der Waals surface area contributed by atoms with Gasteiger partial charge < -0.3 is 15.5 Å². The van der Waals surface area contributed by atoms with Crippen LogP contribution in [0.3, 0.4) is 0 Å². The summed E-state index contributed by atoms with van der Waals surface area (Å²) < 4.78 is 5.46. The van der Waals surface area contributed by atoms with Gasteiger partial charge in [0.25, 0.3) is 0 Å². The summed E-state index contributed by atoms with van der Waals surface area (Å²) in [5.41, 5.74) is 10.5. The molecule has 0 unspecified atom stereocenters. The van der Waals surface area contributed by atoms with Crippen molar-refractivity contribution < 1.29 is 9.53 Å². The van der Waals surface area contributed by atoms with Gasteiger partial charge in [0.05, 0.1) is 34.3 Å². The lowest BCUT2D eigenvalue weighted by Gasteiger charge is -2.06. The number of imidazole rings is 1. The van der Waals surface area contributed by atoms with Crippen molar-refractivity contribution in [1.82, 2.24) is 24.9 Å². The fourth-order valence-electron chi connectivity index (χ4n) is 2.90. The molecule has 28 heavy (non-hydrogen) atoms. The number of H-pyrrole nitrogens is 1. The maximum atomic E-state index is 11.3. The van der Waals surface area contributed by atoms with Crippen LogP contribution >= 0.6 is 0 Å². The lowest BCUT2D eigenvalue weighted by Crippen LogP contribution is -2.11. The lowest BCUT2D eigenvalue weighted by atomic mass is 10.1. The number of hydrogen-bond donors (Lipinski definition) is 2. The van der Waals surface area contributed by atoms with Gasteiger partial charge in [0.2, 0.25) is 5.88 Å². The van der Waals surface area contributed by atoms with E-state index in [-0.39, 0.29) is 5.82 Å². The quantitative estimate of drug-likeness (QED) is 0.498. The predicted octanol–water partition coefficient (Wildman–Crippen LogP) is 2.54. The number of fused-ring (bicyclic) bond motifs is 1. The van der Waals surface area contributed by atoms with Gasteiger partial charge in [-0.3, -0.25) is 9.78 Å². The van der Waals surface area contributed by atoms with Gasteiger partial charge in [-0.2, -0.15) is 0 Å². The molecule has 0 saturated heterocycles. The van der Waals surface area contributed by atoms with Gasteiger partial charge in [-0.05, 0) is 31.2 Å². The average Bonchev–Trinajstić information content (AvgIpc) is 3.16. The topological polar surface area (TPSA) is 120 Å². The molecule has 0 atom stereocenters. The number of rotatable bonds is 6. The first-order chi connectivity index (χ1) is 13.7. The van der Waals surface area contributed by atoms with Crippen molar-refractivity contribution in [3.63, 3.8) is 0 Å². The Morgan fingerprint density at radius 3 is 2.82 bits per heavy atom. The summed E-state index contributed by atoms with van der Waals surface area (Å²) in [6, 6.07) is 11.3. The Hall–Kier alpha value is -3.65. The second-order valence-electron chi connectivity index (χ2n) is 6.18. The van der Waals surface area contributed by atoms with Crippen LogP contribution < -0.4 is 10.5 Å². The van der Waals surface area contributed by atoms with E-state index in [1.54, 1.807) is 6.20 Å². The van der Waals surface area contributed by atoms with Crippen molar-refractivity contribution in [2.24, 2.45) is 5.73 Å². The maximum Gasteiger partial charge on any atom is 0.232 e. The Kier molecular flexibility index (Phi) is 4.77. The van der Waals surface area contributed by atoms with Crippen LogP contribution in [0.4, 0.5) is 0 Å². The van der Waals surface area contributed by atoms with Gasteiger partial charge in [0, 0.05) is 17.8 Å². The van der Waals surface area contributed by atoms with E-state index in [1.807, 2.05) is 43.3 Å². The number of carbonyl (C=O) groups excluding carboxylic acids is 1. The maximum absolute atomic E-state index is 11.3. The molecule has 0 fully saturated rings. The van der Waals surface area contributed by atoms with Gasteiger partial charge in [0.15, 0.2) is 12.1 Å². The first kappa shape index (κ1) is 17.7. The van der Waals surface area contributed by atoms with Gasteiger partial charge in [-0.1, -0.05) is 12.1 Å². The average molecular weight is 374 g/mol. The molecule has 8 heteroatoms. The highest BCUT2D eigenvalue weighted by Crippen LogP contribution is 2.30. The molecule has 140 valence electrons. The zero-order valence-corrected chi connectivity index (χ0v) is 15.2. The van der Waals surface area contributed by atoms with Crippen LogP contribution in [-0.2, 0) is 0 Å². The van der Waals surface area contributed by atoms with Gasteiger partial charge in [0.1, 0.15) is 6.61 Å². The largest absolute Gasteiger partial charge is 0.475 e. The summed E-state index contributed by atoms with van der Waals surface area (Å²) in [6.07, 6.45) is 2.25. The molecule has 3 N–H and O–H groups in total. The van der Waals surface area contributed by atoms with Crippen LogP contribution in [0.2, 0.25) is 0 Å². The fraction of sp³-hybridized carbons (Fsp3) is 0.150. The third-order valence-electron chi connectivity index (χ3n) is 4.14. The van der Waals surface area contributed by atoms with Crippen LogP contribution in [-0.4, -0.2) is 44.4 Å². The molecule has 0 aliphatic rings. The standard InChI is InChI=1S/C20H18N6O2/c1-12-3-2-4-15(23-12)20-19(25-17(11-27)26-20)13-5-6-14-16(9-13)24-18(10-22-14)28-8-7-21/h2-6,9-11H,7-8,21H2,1H3,(H,25,26). The predicted molar refractivity (Wildman–Crippen MR) is 105 cm³/mol. The third kappa shape index (κ3) is 3.45. The first-order valence-electron chi connectivity index (χ1n) is 8.77. The number of nitrogens with two attached hydrogens (primary N) is 1. The fourth-order valence-corrected chi connectivity index (χ4v) is 2.90. The molecular formula is C20H18N6O2. The number of carbonyl (C=O) groups is 1. The summed E-state index contributed by atoms with van der Waals surface area (Å²) in [5.74, 6) is 0.644. The van der Waals surface area contributed by atoms with Crippen molar-refractivity contribution in [2.45, 2.75) is 6.92 Å². The molecule has 3 heterocycles. The Morgan fingerprint density at radius 2 is 2.04 bits per heavy atom. The zero-order chi connectivity index (χ0) is 19.5. The van der Waals surface area contributed by atoms with Crippen LogP contribution in [0.1, 0.15) is 16.3 Å². The summed E-state index contributed by atoms with van der Waals surface area (Å²) in [4.78, 5) is 32.1. The zero-order valence-electron chi connectivity index (χ0n) is 15.2. The lowest BCUT2D eigenvalue weighted by molar-refractivity contribution is 0.111. The van der Waals surface area contributed by atoms with Crippen molar-refractivity contribution in [3.8, 4) is 28.5 Å². The van der Waals surface area contributed by atoms with E-state index in [1.165, 1.54) is 0 Å². The number of aromatic nitrogens is 5. The molecule has 8 nitrogen and oxygen atoms in total. The van der Waals surface area contributed by atoms with Gasteiger partial charge in [-0.25, -0.2) is 15.0 Å². The molecule has 0 saturated carbocycles. The Bertz CT molecular complexity index is 1150. The smallest absolute Gasteiger partial charge is 0.232 e. The molecule has 0 spiro atoms. The molecule has 1 aromatic carbocycles. The van der Waals surface area contributed by atoms with Crippen molar-refractivity contribution in [1.29, 1.82) is 0 Å². The molecule has 0 aliphatic heterocycles. The summed E-state index contributed by atoms with van der Waals surface area (Å²) in [6.45, 7) is 2.67. The van der Waals surface area contributed by atoms with Crippen LogP contribution in [0, 0.1) is 6.92 Å². The SMILES string of the molecule is Cc1cccc(-c2[nH]c(C=O)nc2-c2ccc3ncc(OCCN)nc3c2)n1. The first-order valence-corrected chi connectivity index (χ1v) is 8.77. The van der Waals surface area contributed by atoms with Crippen LogP contribution in [0.15, 0.2) is 42.6 Å². The van der Waals surface area contributed by atoms with Crippen LogP contribution in [0.25, 0.3) is 33.7 Å². The number of nitrogens with zero attached hydrogens (tertiary/aromatic N) is 4. The number of benzene rings is 1. The second kappa shape index (κ2) is 7.53. The van der Waals surface area contributed by atoms with E-state index < -0.39 is 0 Å². The van der Waals surface area contributed by atoms with E-state index in [9.17, 15) is 4.79 Å². The van der Waals surface area contributed by atoms with Crippen molar-refractivity contribution in [3.05, 3.63) is 54.1 Å². The summed E-state index contributed by atoms with van der Waals surface area (Å²) in [7, 11) is 0.